The van der Waals surface area contributed by atoms with E-state index in [0.29, 0.717) is 5.69 Å². The summed E-state index contributed by atoms with van der Waals surface area (Å²) in [6.07, 6.45) is 2.09. The molecule has 0 bridgehead atoms. The van der Waals surface area contributed by atoms with Crippen molar-refractivity contribution in [3.63, 3.8) is 0 Å². The minimum Gasteiger partial charge on any atom is -0.477 e. The van der Waals surface area contributed by atoms with E-state index in [2.05, 4.69) is 6.92 Å². The summed E-state index contributed by atoms with van der Waals surface area (Å²) in [4.78, 5) is 11.0. The number of aromatic nitrogens is 1. The third kappa shape index (κ3) is 1.77. The van der Waals surface area contributed by atoms with Gasteiger partial charge in [-0.1, -0.05) is 13.3 Å². The van der Waals surface area contributed by atoms with Crippen LogP contribution in [0.1, 0.15) is 30.3 Å². The van der Waals surface area contributed by atoms with Crippen molar-refractivity contribution in [1.82, 2.24) is 4.57 Å². The van der Waals surface area contributed by atoms with Crippen molar-refractivity contribution >= 4 is 27.5 Å². The average molecular weight is 223 g/mol. The van der Waals surface area contributed by atoms with Crippen molar-refractivity contribution < 1.29 is 9.90 Å². The van der Waals surface area contributed by atoms with Crippen LogP contribution in [0.5, 0.6) is 0 Å². The van der Waals surface area contributed by atoms with E-state index < -0.39 is 5.97 Å². The van der Waals surface area contributed by atoms with Gasteiger partial charge in [0.1, 0.15) is 5.69 Å². The lowest BCUT2D eigenvalue weighted by Gasteiger charge is -2.05. The molecule has 0 spiro atoms. The Morgan fingerprint density at radius 2 is 2.40 bits per heavy atom. The lowest BCUT2D eigenvalue weighted by molar-refractivity contribution is 0.0685. The van der Waals surface area contributed by atoms with E-state index in [1.165, 1.54) is 0 Å². The number of aromatic carboxylic acids is 1. The standard InChI is InChI=1S/C11H13NO2S/c1-2-3-5-12-8-4-6-15-10(8)7-9(12)11(13)14/h4,6-7H,2-3,5H2,1H3,(H,13,14). The fraction of sp³-hybridized carbons (Fsp3) is 0.364. The summed E-state index contributed by atoms with van der Waals surface area (Å²) in [5.41, 5.74) is 1.45. The maximum absolute atomic E-state index is 11.0. The van der Waals surface area contributed by atoms with Crippen LogP contribution in [0.15, 0.2) is 17.5 Å². The molecule has 0 radical (unpaired) electrons. The van der Waals surface area contributed by atoms with Crippen LogP contribution >= 0.6 is 11.3 Å². The summed E-state index contributed by atoms with van der Waals surface area (Å²) in [6, 6.07) is 3.75. The number of thiophene rings is 1. The highest BCUT2D eigenvalue weighted by molar-refractivity contribution is 7.17. The van der Waals surface area contributed by atoms with Gasteiger partial charge in [-0.05, 0) is 23.9 Å². The summed E-state index contributed by atoms with van der Waals surface area (Å²) in [5, 5.41) is 11.1. The molecule has 0 atom stereocenters. The molecule has 3 nitrogen and oxygen atoms in total. The monoisotopic (exact) mass is 223 g/mol. The van der Waals surface area contributed by atoms with E-state index in [-0.39, 0.29) is 0 Å². The zero-order chi connectivity index (χ0) is 10.8. The molecule has 0 unspecified atom stereocenters. The van der Waals surface area contributed by atoms with Gasteiger partial charge in [-0.2, -0.15) is 0 Å². The Morgan fingerprint density at radius 1 is 1.60 bits per heavy atom. The van der Waals surface area contributed by atoms with Crippen LogP contribution in [0.4, 0.5) is 0 Å². The zero-order valence-corrected chi connectivity index (χ0v) is 9.38. The van der Waals surface area contributed by atoms with Gasteiger partial charge in [-0.3, -0.25) is 0 Å². The largest absolute Gasteiger partial charge is 0.477 e. The number of carboxylic acid groups (broad SMARTS) is 1. The fourth-order valence-corrected chi connectivity index (χ4v) is 2.53. The third-order valence-corrected chi connectivity index (χ3v) is 3.33. The van der Waals surface area contributed by atoms with Crippen LogP contribution in [-0.4, -0.2) is 15.6 Å². The molecule has 4 heteroatoms. The molecule has 0 aliphatic heterocycles. The van der Waals surface area contributed by atoms with Gasteiger partial charge in [0, 0.05) is 6.54 Å². The number of rotatable bonds is 4. The van der Waals surface area contributed by atoms with E-state index >= 15 is 0 Å². The summed E-state index contributed by atoms with van der Waals surface area (Å²) in [5.74, 6) is -0.838. The van der Waals surface area contributed by atoms with Crippen molar-refractivity contribution in [3.05, 3.63) is 23.2 Å². The van der Waals surface area contributed by atoms with Gasteiger partial charge in [0.15, 0.2) is 0 Å². The Kier molecular flexibility index (Phi) is 2.77. The van der Waals surface area contributed by atoms with Gasteiger partial charge in [-0.15, -0.1) is 11.3 Å². The Bertz CT molecular complexity index is 484. The SMILES string of the molecule is CCCCn1c(C(=O)O)cc2sccc21. The highest BCUT2D eigenvalue weighted by Crippen LogP contribution is 2.25. The fourth-order valence-electron chi connectivity index (χ4n) is 1.71. The number of hydrogen-bond acceptors (Lipinski definition) is 2. The number of nitrogens with zero attached hydrogens (tertiary/aromatic N) is 1. The molecule has 2 heterocycles. The molecule has 80 valence electrons. The van der Waals surface area contributed by atoms with Crippen molar-refractivity contribution in [2.45, 2.75) is 26.3 Å². The molecule has 0 aliphatic carbocycles. The normalized spacial score (nSPS) is 11.0. The van der Waals surface area contributed by atoms with Crippen molar-refractivity contribution in [3.8, 4) is 0 Å². The Hall–Kier alpha value is -1.29. The first-order valence-corrected chi connectivity index (χ1v) is 5.92. The minimum atomic E-state index is -0.838. The molecule has 2 rings (SSSR count). The second kappa shape index (κ2) is 4.06. The van der Waals surface area contributed by atoms with Gasteiger partial charge in [-0.25, -0.2) is 4.79 Å². The number of fused-ring (bicyclic) bond motifs is 1. The predicted molar refractivity (Wildman–Crippen MR) is 61.7 cm³/mol. The topological polar surface area (TPSA) is 42.2 Å². The molecule has 0 aromatic carbocycles. The molecule has 2 aromatic rings. The number of carbonyl (C=O) groups is 1. The molecule has 0 saturated heterocycles. The van der Waals surface area contributed by atoms with Gasteiger partial charge >= 0.3 is 5.97 Å². The molecular weight excluding hydrogens is 210 g/mol. The lowest BCUT2D eigenvalue weighted by atomic mass is 10.3. The smallest absolute Gasteiger partial charge is 0.352 e. The first-order valence-electron chi connectivity index (χ1n) is 5.04. The second-order valence-electron chi connectivity index (χ2n) is 3.51. The van der Waals surface area contributed by atoms with Crippen molar-refractivity contribution in [2.75, 3.05) is 0 Å². The molecule has 0 amide bonds. The zero-order valence-electron chi connectivity index (χ0n) is 8.56. The van der Waals surface area contributed by atoms with Gasteiger partial charge in [0.05, 0.1) is 10.2 Å². The average Bonchev–Trinajstić information content (AvgIpc) is 2.74. The summed E-state index contributed by atoms with van der Waals surface area (Å²) in [7, 11) is 0. The number of carboxylic acids is 1. The van der Waals surface area contributed by atoms with Gasteiger partial charge in [0.25, 0.3) is 0 Å². The molecule has 15 heavy (non-hydrogen) atoms. The van der Waals surface area contributed by atoms with E-state index in [4.69, 9.17) is 5.11 Å². The highest BCUT2D eigenvalue weighted by Gasteiger charge is 2.14. The van der Waals surface area contributed by atoms with Crippen LogP contribution in [0, 0.1) is 0 Å². The highest BCUT2D eigenvalue weighted by atomic mass is 32.1. The van der Waals surface area contributed by atoms with Crippen LogP contribution in [0.25, 0.3) is 10.2 Å². The van der Waals surface area contributed by atoms with Gasteiger partial charge < -0.3 is 9.67 Å². The summed E-state index contributed by atoms with van der Waals surface area (Å²) in [6.45, 7) is 2.90. The molecule has 1 N–H and O–H groups in total. The lowest BCUT2D eigenvalue weighted by Crippen LogP contribution is -2.08. The molecule has 0 fully saturated rings. The van der Waals surface area contributed by atoms with Crippen molar-refractivity contribution in [1.29, 1.82) is 0 Å². The first kappa shape index (κ1) is 10.2. The molecule has 2 aromatic heterocycles. The van der Waals surface area contributed by atoms with Crippen LogP contribution in [0.3, 0.4) is 0 Å². The molecular formula is C11H13NO2S. The predicted octanol–water partition coefficient (Wildman–Crippen LogP) is 3.20. The molecule has 0 saturated carbocycles. The number of aryl methyl sites for hydroxylation is 1. The summed E-state index contributed by atoms with van der Waals surface area (Å²) < 4.78 is 2.96. The maximum atomic E-state index is 11.0. The van der Waals surface area contributed by atoms with Crippen LogP contribution < -0.4 is 0 Å². The Morgan fingerprint density at radius 3 is 3.07 bits per heavy atom. The second-order valence-corrected chi connectivity index (χ2v) is 4.46. The minimum absolute atomic E-state index is 0.408. The molecule has 0 aliphatic rings. The Labute approximate surface area is 92.0 Å². The third-order valence-electron chi connectivity index (χ3n) is 2.48. The Balaban J connectivity index is 2.48. The van der Waals surface area contributed by atoms with E-state index in [1.54, 1.807) is 17.4 Å². The maximum Gasteiger partial charge on any atom is 0.352 e. The van der Waals surface area contributed by atoms with Crippen LogP contribution in [0.2, 0.25) is 0 Å². The van der Waals surface area contributed by atoms with Gasteiger partial charge in [0.2, 0.25) is 0 Å². The quantitative estimate of drug-likeness (QED) is 0.864. The van der Waals surface area contributed by atoms with Crippen molar-refractivity contribution in [2.24, 2.45) is 0 Å². The van der Waals surface area contributed by atoms with E-state index in [0.717, 1.165) is 29.6 Å². The van der Waals surface area contributed by atoms with E-state index in [9.17, 15) is 4.79 Å². The number of unbranched alkanes of at least 4 members (excludes halogenated alkanes) is 1. The van der Waals surface area contributed by atoms with Crippen LogP contribution in [-0.2, 0) is 6.54 Å². The first-order chi connectivity index (χ1) is 7.24. The van der Waals surface area contributed by atoms with E-state index in [1.807, 2.05) is 16.0 Å². The number of hydrogen-bond donors (Lipinski definition) is 1. The summed E-state index contributed by atoms with van der Waals surface area (Å²) >= 11 is 1.59.